The number of aromatic nitrogens is 3. The van der Waals surface area contributed by atoms with Crippen molar-refractivity contribution in [3.63, 3.8) is 0 Å². The predicted molar refractivity (Wildman–Crippen MR) is 55.0 cm³/mol. The summed E-state index contributed by atoms with van der Waals surface area (Å²) in [6, 6.07) is 1.62. The summed E-state index contributed by atoms with van der Waals surface area (Å²) >= 11 is 0. The molecule has 80 valence electrons. The van der Waals surface area contributed by atoms with E-state index in [2.05, 4.69) is 10.1 Å². The molecule has 0 saturated carbocycles. The van der Waals surface area contributed by atoms with Crippen molar-refractivity contribution in [1.29, 1.82) is 0 Å². The van der Waals surface area contributed by atoms with Gasteiger partial charge in [-0.15, -0.1) is 0 Å². The average Bonchev–Trinajstić information content (AvgIpc) is 2.65. The third-order valence-electron chi connectivity index (χ3n) is 2.63. The second-order valence-corrected chi connectivity index (χ2v) is 3.58. The van der Waals surface area contributed by atoms with Gasteiger partial charge in [-0.25, -0.2) is 0 Å². The molecule has 2 rings (SSSR count). The monoisotopic (exact) mass is 207 g/mol. The first kappa shape index (κ1) is 9.76. The van der Waals surface area contributed by atoms with Crippen molar-refractivity contribution in [2.45, 2.75) is 26.2 Å². The second-order valence-electron chi connectivity index (χ2n) is 3.58. The fourth-order valence-electron chi connectivity index (χ4n) is 1.57. The quantitative estimate of drug-likeness (QED) is 0.785. The van der Waals surface area contributed by atoms with Gasteiger partial charge >= 0.3 is 0 Å². The summed E-state index contributed by atoms with van der Waals surface area (Å²) in [5.74, 6) is -0.0993. The van der Waals surface area contributed by atoms with Gasteiger partial charge in [-0.3, -0.25) is 0 Å². The molecule has 0 spiro atoms. The molecule has 1 atom stereocenters. The SMILES string of the molecule is CCC(C)c1c(O)nc2ccnn2c1O. The standard InChI is InChI=1S/C10H13N3O2/c1-3-6(2)8-9(14)12-7-4-5-11-13(7)10(8)15/h4-6,15H,3H2,1-2H3,(H,12,14). The number of hydrogen-bond donors (Lipinski definition) is 2. The third kappa shape index (κ3) is 1.40. The van der Waals surface area contributed by atoms with Gasteiger partial charge < -0.3 is 10.2 Å². The highest BCUT2D eigenvalue weighted by molar-refractivity contribution is 5.48. The molecule has 0 amide bonds. The van der Waals surface area contributed by atoms with Crippen LogP contribution >= 0.6 is 0 Å². The third-order valence-corrected chi connectivity index (χ3v) is 2.63. The van der Waals surface area contributed by atoms with E-state index >= 15 is 0 Å². The summed E-state index contributed by atoms with van der Waals surface area (Å²) in [5, 5.41) is 23.5. The zero-order valence-corrected chi connectivity index (χ0v) is 8.68. The zero-order chi connectivity index (χ0) is 11.0. The highest BCUT2D eigenvalue weighted by Crippen LogP contribution is 2.34. The molecule has 5 nitrogen and oxygen atoms in total. The van der Waals surface area contributed by atoms with E-state index < -0.39 is 0 Å². The summed E-state index contributed by atoms with van der Waals surface area (Å²) < 4.78 is 1.32. The van der Waals surface area contributed by atoms with Gasteiger partial charge in [-0.1, -0.05) is 13.8 Å². The highest BCUT2D eigenvalue weighted by atomic mass is 16.3. The molecule has 0 bridgehead atoms. The van der Waals surface area contributed by atoms with Crippen LogP contribution in [0.5, 0.6) is 11.8 Å². The van der Waals surface area contributed by atoms with Crippen LogP contribution in [0.4, 0.5) is 0 Å². The van der Waals surface area contributed by atoms with Crippen LogP contribution in [0.15, 0.2) is 12.3 Å². The molecule has 0 aliphatic heterocycles. The summed E-state index contributed by atoms with van der Waals surface area (Å²) in [6.45, 7) is 3.91. The maximum absolute atomic E-state index is 9.92. The first-order valence-corrected chi connectivity index (χ1v) is 4.90. The Bertz CT molecular complexity index is 493. The molecule has 2 N–H and O–H groups in total. The van der Waals surface area contributed by atoms with Crippen LogP contribution in [0.2, 0.25) is 0 Å². The fraction of sp³-hybridized carbons (Fsp3) is 0.400. The van der Waals surface area contributed by atoms with E-state index in [0.717, 1.165) is 6.42 Å². The van der Waals surface area contributed by atoms with Crippen molar-refractivity contribution in [2.75, 3.05) is 0 Å². The Morgan fingerprint density at radius 2 is 2.20 bits per heavy atom. The normalized spacial score (nSPS) is 13.2. The lowest BCUT2D eigenvalue weighted by Crippen LogP contribution is -2.01. The van der Waals surface area contributed by atoms with Crippen molar-refractivity contribution < 1.29 is 10.2 Å². The summed E-state index contributed by atoms with van der Waals surface area (Å²) in [5.41, 5.74) is 0.894. The predicted octanol–water partition coefficient (Wildman–Crippen LogP) is 1.65. The zero-order valence-electron chi connectivity index (χ0n) is 8.68. The molecule has 15 heavy (non-hydrogen) atoms. The minimum atomic E-state index is -0.116. The van der Waals surface area contributed by atoms with Crippen LogP contribution in [-0.4, -0.2) is 24.8 Å². The molecular weight excluding hydrogens is 194 g/mol. The van der Waals surface area contributed by atoms with Gasteiger partial charge in [0.15, 0.2) is 5.65 Å². The number of hydrogen-bond acceptors (Lipinski definition) is 4. The van der Waals surface area contributed by atoms with E-state index in [0.29, 0.717) is 11.2 Å². The lowest BCUT2D eigenvalue weighted by atomic mass is 10.0. The minimum absolute atomic E-state index is 0.0307. The van der Waals surface area contributed by atoms with Gasteiger partial charge in [0, 0.05) is 6.07 Å². The van der Waals surface area contributed by atoms with E-state index in [1.54, 1.807) is 6.07 Å². The Labute approximate surface area is 87.0 Å². The molecule has 0 radical (unpaired) electrons. The van der Waals surface area contributed by atoms with Crippen LogP contribution in [0.1, 0.15) is 31.7 Å². The van der Waals surface area contributed by atoms with Crippen LogP contribution in [0, 0.1) is 0 Å². The van der Waals surface area contributed by atoms with E-state index in [1.807, 2.05) is 13.8 Å². The smallest absolute Gasteiger partial charge is 0.223 e. The van der Waals surface area contributed by atoms with E-state index in [4.69, 9.17) is 0 Å². The Balaban J connectivity index is 2.72. The molecule has 0 aromatic carbocycles. The van der Waals surface area contributed by atoms with Crippen molar-refractivity contribution in [2.24, 2.45) is 0 Å². The van der Waals surface area contributed by atoms with Crippen molar-refractivity contribution in [3.8, 4) is 11.8 Å². The molecule has 0 aliphatic rings. The van der Waals surface area contributed by atoms with Crippen molar-refractivity contribution in [1.82, 2.24) is 14.6 Å². The Morgan fingerprint density at radius 3 is 2.87 bits per heavy atom. The molecular formula is C10H13N3O2. The topological polar surface area (TPSA) is 70.7 Å². The van der Waals surface area contributed by atoms with Crippen LogP contribution < -0.4 is 0 Å². The lowest BCUT2D eigenvalue weighted by Gasteiger charge is -2.12. The minimum Gasteiger partial charge on any atom is -0.493 e. The molecule has 2 heterocycles. The first-order valence-electron chi connectivity index (χ1n) is 4.90. The van der Waals surface area contributed by atoms with Gasteiger partial charge in [0.05, 0.1) is 11.8 Å². The maximum Gasteiger partial charge on any atom is 0.223 e. The largest absolute Gasteiger partial charge is 0.493 e. The van der Waals surface area contributed by atoms with Crippen LogP contribution in [0.25, 0.3) is 5.65 Å². The van der Waals surface area contributed by atoms with Gasteiger partial charge in [-0.05, 0) is 12.3 Å². The number of nitrogens with zero attached hydrogens (tertiary/aromatic N) is 3. The summed E-state index contributed by atoms with van der Waals surface area (Å²) in [7, 11) is 0. The molecule has 5 heteroatoms. The first-order chi connectivity index (χ1) is 7.15. The maximum atomic E-state index is 9.92. The Kier molecular flexibility index (Phi) is 2.22. The lowest BCUT2D eigenvalue weighted by molar-refractivity contribution is 0.392. The molecule has 0 saturated heterocycles. The Morgan fingerprint density at radius 1 is 1.47 bits per heavy atom. The van der Waals surface area contributed by atoms with E-state index in [1.165, 1.54) is 10.7 Å². The molecule has 2 aromatic heterocycles. The van der Waals surface area contributed by atoms with Gasteiger partial charge in [0.2, 0.25) is 11.8 Å². The van der Waals surface area contributed by atoms with Crippen LogP contribution in [0.3, 0.4) is 0 Å². The molecule has 1 unspecified atom stereocenters. The summed E-state index contributed by atoms with van der Waals surface area (Å²) in [6.07, 6.45) is 2.34. The van der Waals surface area contributed by atoms with E-state index in [-0.39, 0.29) is 17.7 Å². The highest BCUT2D eigenvalue weighted by Gasteiger charge is 2.19. The van der Waals surface area contributed by atoms with Crippen molar-refractivity contribution >= 4 is 5.65 Å². The average molecular weight is 207 g/mol. The van der Waals surface area contributed by atoms with E-state index in [9.17, 15) is 10.2 Å². The molecule has 0 aliphatic carbocycles. The molecule has 2 aromatic rings. The second kappa shape index (κ2) is 3.42. The molecule has 0 fully saturated rings. The van der Waals surface area contributed by atoms with Crippen molar-refractivity contribution in [3.05, 3.63) is 17.8 Å². The fourth-order valence-corrected chi connectivity index (χ4v) is 1.57. The van der Waals surface area contributed by atoms with Gasteiger partial charge in [0.1, 0.15) is 0 Å². The number of fused-ring (bicyclic) bond motifs is 1. The van der Waals surface area contributed by atoms with Crippen LogP contribution in [-0.2, 0) is 0 Å². The van der Waals surface area contributed by atoms with Gasteiger partial charge in [0.25, 0.3) is 0 Å². The van der Waals surface area contributed by atoms with Gasteiger partial charge in [-0.2, -0.15) is 14.6 Å². The number of rotatable bonds is 2. The number of aromatic hydroxyl groups is 2. The summed E-state index contributed by atoms with van der Waals surface area (Å²) in [4.78, 5) is 3.96. The Hall–Kier alpha value is -1.78.